The predicted octanol–water partition coefficient (Wildman–Crippen LogP) is 4.96. The second-order valence-electron chi connectivity index (χ2n) is 5.29. The molecule has 0 aromatic heterocycles. The number of rotatable bonds is 3. The summed E-state index contributed by atoms with van der Waals surface area (Å²) in [5.74, 6) is -0.135. The van der Waals surface area contributed by atoms with Crippen LogP contribution >= 0.6 is 27.5 Å². The van der Waals surface area contributed by atoms with E-state index in [9.17, 15) is 4.79 Å². The minimum atomic E-state index is -0.135. The summed E-state index contributed by atoms with van der Waals surface area (Å²) >= 11 is 9.75. The third-order valence-corrected chi connectivity index (χ3v) is 4.54. The number of benzene rings is 2. The zero-order valence-electron chi connectivity index (χ0n) is 12.0. The van der Waals surface area contributed by atoms with Crippen LogP contribution in [0.1, 0.15) is 23.2 Å². The van der Waals surface area contributed by atoms with Gasteiger partial charge in [0, 0.05) is 23.1 Å². The molecule has 3 nitrogen and oxygen atoms in total. The molecule has 0 unspecified atom stereocenters. The molecule has 1 saturated heterocycles. The van der Waals surface area contributed by atoms with Crippen LogP contribution in [-0.2, 0) is 0 Å². The number of anilines is 2. The molecule has 0 spiro atoms. The molecule has 2 aromatic rings. The lowest BCUT2D eigenvalue weighted by Gasteiger charge is -2.23. The summed E-state index contributed by atoms with van der Waals surface area (Å²) < 4.78 is 0.881. The van der Waals surface area contributed by atoms with Gasteiger partial charge >= 0.3 is 0 Å². The minimum absolute atomic E-state index is 0.135. The molecule has 3 rings (SSSR count). The van der Waals surface area contributed by atoms with Gasteiger partial charge in [0.25, 0.3) is 5.91 Å². The molecule has 0 bridgehead atoms. The molecule has 0 atom stereocenters. The van der Waals surface area contributed by atoms with E-state index in [0.29, 0.717) is 10.6 Å². The normalized spacial score (nSPS) is 14.2. The van der Waals surface area contributed by atoms with E-state index in [1.165, 1.54) is 0 Å². The van der Waals surface area contributed by atoms with E-state index < -0.39 is 0 Å². The summed E-state index contributed by atoms with van der Waals surface area (Å²) in [6.07, 6.45) is 2.31. The molecular formula is C17H16BrClN2O. The third-order valence-electron chi connectivity index (χ3n) is 3.74. The topological polar surface area (TPSA) is 32.3 Å². The van der Waals surface area contributed by atoms with Gasteiger partial charge in [-0.2, -0.15) is 0 Å². The fourth-order valence-electron chi connectivity index (χ4n) is 2.70. The number of hydrogen-bond acceptors (Lipinski definition) is 2. The fourth-order valence-corrected chi connectivity index (χ4v) is 3.40. The van der Waals surface area contributed by atoms with Gasteiger partial charge in [-0.3, -0.25) is 4.79 Å². The van der Waals surface area contributed by atoms with Gasteiger partial charge in [0.15, 0.2) is 0 Å². The van der Waals surface area contributed by atoms with Gasteiger partial charge in [-0.05, 0) is 43.2 Å². The van der Waals surface area contributed by atoms with Crippen LogP contribution in [0.15, 0.2) is 46.9 Å². The highest BCUT2D eigenvalue weighted by Gasteiger charge is 2.20. The lowest BCUT2D eigenvalue weighted by molar-refractivity contribution is 0.102. The van der Waals surface area contributed by atoms with Crippen molar-refractivity contribution in [2.24, 2.45) is 0 Å². The van der Waals surface area contributed by atoms with E-state index in [4.69, 9.17) is 11.6 Å². The molecule has 2 aromatic carbocycles. The van der Waals surface area contributed by atoms with Crippen molar-refractivity contribution in [3.05, 3.63) is 57.5 Å². The Kier molecular flexibility index (Phi) is 4.69. The molecule has 22 heavy (non-hydrogen) atoms. The highest BCUT2D eigenvalue weighted by atomic mass is 79.9. The number of carbonyl (C=O) groups excluding carboxylic acids is 1. The van der Waals surface area contributed by atoms with Crippen LogP contribution in [0.2, 0.25) is 5.02 Å². The minimum Gasteiger partial charge on any atom is -0.369 e. The monoisotopic (exact) mass is 378 g/mol. The lowest BCUT2D eigenvalue weighted by Crippen LogP contribution is -2.21. The molecule has 1 aliphatic rings. The smallest absolute Gasteiger partial charge is 0.255 e. The number of nitrogens with zero attached hydrogens (tertiary/aromatic N) is 1. The van der Waals surface area contributed by atoms with Crippen molar-refractivity contribution in [2.75, 3.05) is 23.3 Å². The molecule has 1 aliphatic heterocycles. The van der Waals surface area contributed by atoms with Crippen molar-refractivity contribution in [1.82, 2.24) is 0 Å². The highest BCUT2D eigenvalue weighted by Crippen LogP contribution is 2.36. The van der Waals surface area contributed by atoms with Gasteiger partial charge < -0.3 is 10.2 Å². The molecule has 0 radical (unpaired) electrons. The van der Waals surface area contributed by atoms with E-state index in [0.717, 1.165) is 41.8 Å². The van der Waals surface area contributed by atoms with Crippen molar-refractivity contribution >= 4 is 44.8 Å². The van der Waals surface area contributed by atoms with Crippen LogP contribution < -0.4 is 10.2 Å². The maximum absolute atomic E-state index is 12.5. The average molecular weight is 380 g/mol. The Labute approximate surface area is 143 Å². The number of amides is 1. The van der Waals surface area contributed by atoms with Crippen LogP contribution in [-0.4, -0.2) is 19.0 Å². The van der Waals surface area contributed by atoms with Gasteiger partial charge in [-0.15, -0.1) is 0 Å². The SMILES string of the molecule is O=C(Nc1cccc(Cl)c1N1CCCC1)c1cccc(Br)c1. The summed E-state index contributed by atoms with van der Waals surface area (Å²) in [6, 6.07) is 13.0. The first-order chi connectivity index (χ1) is 10.6. The molecule has 0 saturated carbocycles. The van der Waals surface area contributed by atoms with Gasteiger partial charge in [0.05, 0.1) is 16.4 Å². The number of nitrogens with one attached hydrogen (secondary N) is 1. The summed E-state index contributed by atoms with van der Waals surface area (Å²) in [5, 5.41) is 3.66. The van der Waals surface area contributed by atoms with Crippen molar-refractivity contribution in [2.45, 2.75) is 12.8 Å². The molecule has 1 fully saturated rings. The third kappa shape index (κ3) is 3.28. The average Bonchev–Trinajstić information content (AvgIpc) is 3.01. The van der Waals surface area contributed by atoms with Gasteiger partial charge in [0.2, 0.25) is 0 Å². The van der Waals surface area contributed by atoms with E-state index in [-0.39, 0.29) is 5.91 Å². The molecular weight excluding hydrogens is 364 g/mol. The Bertz CT molecular complexity index is 699. The second-order valence-corrected chi connectivity index (χ2v) is 6.62. The number of para-hydroxylation sites is 1. The predicted molar refractivity (Wildman–Crippen MR) is 95.0 cm³/mol. The lowest BCUT2D eigenvalue weighted by atomic mass is 10.2. The Hall–Kier alpha value is -1.52. The summed E-state index contributed by atoms with van der Waals surface area (Å²) in [7, 11) is 0. The van der Waals surface area contributed by atoms with Crippen molar-refractivity contribution in [1.29, 1.82) is 0 Å². The van der Waals surface area contributed by atoms with E-state index in [1.807, 2.05) is 30.3 Å². The van der Waals surface area contributed by atoms with E-state index >= 15 is 0 Å². The Morgan fingerprint density at radius 2 is 1.86 bits per heavy atom. The first kappa shape index (κ1) is 15.4. The van der Waals surface area contributed by atoms with Crippen LogP contribution in [0, 0.1) is 0 Å². The largest absolute Gasteiger partial charge is 0.369 e. The van der Waals surface area contributed by atoms with Crippen molar-refractivity contribution in [3.8, 4) is 0 Å². The van der Waals surface area contributed by atoms with Gasteiger partial charge in [-0.1, -0.05) is 39.7 Å². The number of halogens is 2. The maximum atomic E-state index is 12.5. The first-order valence-corrected chi connectivity index (χ1v) is 8.42. The van der Waals surface area contributed by atoms with Crippen LogP contribution in [0.5, 0.6) is 0 Å². The van der Waals surface area contributed by atoms with Crippen LogP contribution in [0.25, 0.3) is 0 Å². The Balaban J connectivity index is 1.89. The second kappa shape index (κ2) is 6.71. The van der Waals surface area contributed by atoms with Gasteiger partial charge in [-0.25, -0.2) is 0 Å². The zero-order valence-corrected chi connectivity index (χ0v) is 14.3. The summed E-state index contributed by atoms with van der Waals surface area (Å²) in [4.78, 5) is 14.7. The molecule has 5 heteroatoms. The van der Waals surface area contributed by atoms with Crippen LogP contribution in [0.3, 0.4) is 0 Å². The molecule has 114 valence electrons. The zero-order chi connectivity index (χ0) is 15.5. The first-order valence-electron chi connectivity index (χ1n) is 7.25. The summed E-state index contributed by atoms with van der Waals surface area (Å²) in [6.45, 7) is 1.95. The summed E-state index contributed by atoms with van der Waals surface area (Å²) in [5.41, 5.74) is 2.30. The highest BCUT2D eigenvalue weighted by molar-refractivity contribution is 9.10. The quantitative estimate of drug-likeness (QED) is 0.818. The molecule has 1 heterocycles. The van der Waals surface area contributed by atoms with Gasteiger partial charge in [0.1, 0.15) is 0 Å². The van der Waals surface area contributed by atoms with E-state index in [1.54, 1.807) is 12.1 Å². The number of hydrogen-bond donors (Lipinski definition) is 1. The van der Waals surface area contributed by atoms with E-state index in [2.05, 4.69) is 26.1 Å². The molecule has 1 amide bonds. The Morgan fingerprint density at radius 1 is 1.14 bits per heavy atom. The van der Waals surface area contributed by atoms with Crippen molar-refractivity contribution in [3.63, 3.8) is 0 Å². The molecule has 0 aliphatic carbocycles. The van der Waals surface area contributed by atoms with Crippen molar-refractivity contribution < 1.29 is 4.79 Å². The number of carbonyl (C=O) groups is 1. The van der Waals surface area contributed by atoms with Crippen LogP contribution in [0.4, 0.5) is 11.4 Å². The fraction of sp³-hybridized carbons (Fsp3) is 0.235. The Morgan fingerprint density at radius 3 is 2.59 bits per heavy atom. The standard InChI is InChI=1S/C17H16BrClN2O/c18-13-6-3-5-12(11-13)17(22)20-15-8-4-7-14(19)16(15)21-9-1-2-10-21/h3-8,11H,1-2,9-10H2,(H,20,22). The molecule has 1 N–H and O–H groups in total. The maximum Gasteiger partial charge on any atom is 0.255 e.